The van der Waals surface area contributed by atoms with Crippen molar-refractivity contribution in [2.24, 2.45) is 5.73 Å². The molecule has 1 unspecified atom stereocenters. The number of halogens is 1. The molecule has 0 saturated carbocycles. The van der Waals surface area contributed by atoms with Gasteiger partial charge < -0.3 is 10.5 Å². The van der Waals surface area contributed by atoms with Crippen LogP contribution >= 0.6 is 0 Å². The van der Waals surface area contributed by atoms with Crippen molar-refractivity contribution >= 4 is 0 Å². The van der Waals surface area contributed by atoms with Gasteiger partial charge in [-0.3, -0.25) is 4.90 Å². The Bertz CT molecular complexity index is 457. The number of hydrogen-bond donors (Lipinski definition) is 1. The third kappa shape index (κ3) is 3.57. The van der Waals surface area contributed by atoms with Crippen LogP contribution in [0.25, 0.3) is 0 Å². The standard InChI is InChI=1S/C16H25FN2O/c1-15(2)10-19(11-16(3,4)20-15)14(9-18)12-6-5-7-13(17)8-12/h5-8,14H,9-11,18H2,1-4H3. The molecule has 0 bridgehead atoms. The molecule has 1 aromatic carbocycles. The molecule has 1 saturated heterocycles. The topological polar surface area (TPSA) is 38.5 Å². The highest BCUT2D eigenvalue weighted by molar-refractivity contribution is 5.21. The Morgan fingerprint density at radius 1 is 1.25 bits per heavy atom. The van der Waals surface area contributed by atoms with E-state index in [4.69, 9.17) is 10.5 Å². The van der Waals surface area contributed by atoms with Gasteiger partial charge in [0.25, 0.3) is 0 Å². The van der Waals surface area contributed by atoms with E-state index in [9.17, 15) is 4.39 Å². The fraction of sp³-hybridized carbons (Fsp3) is 0.625. The first kappa shape index (κ1) is 15.4. The van der Waals surface area contributed by atoms with Gasteiger partial charge in [0.05, 0.1) is 11.2 Å². The molecular formula is C16H25FN2O. The van der Waals surface area contributed by atoms with Crippen LogP contribution in [0.4, 0.5) is 4.39 Å². The van der Waals surface area contributed by atoms with E-state index >= 15 is 0 Å². The zero-order valence-corrected chi connectivity index (χ0v) is 12.8. The number of ether oxygens (including phenoxy) is 1. The highest BCUT2D eigenvalue weighted by atomic mass is 19.1. The molecule has 2 rings (SSSR count). The van der Waals surface area contributed by atoms with E-state index in [1.54, 1.807) is 12.1 Å². The summed E-state index contributed by atoms with van der Waals surface area (Å²) in [7, 11) is 0. The molecule has 1 heterocycles. The highest BCUT2D eigenvalue weighted by Gasteiger charge is 2.40. The van der Waals surface area contributed by atoms with Gasteiger partial charge in [-0.2, -0.15) is 0 Å². The van der Waals surface area contributed by atoms with Crippen LogP contribution in [-0.2, 0) is 4.74 Å². The van der Waals surface area contributed by atoms with Crippen LogP contribution in [0.3, 0.4) is 0 Å². The third-order valence-electron chi connectivity index (χ3n) is 3.62. The van der Waals surface area contributed by atoms with Crippen LogP contribution in [0.5, 0.6) is 0 Å². The molecule has 3 nitrogen and oxygen atoms in total. The van der Waals surface area contributed by atoms with E-state index in [2.05, 4.69) is 32.6 Å². The Labute approximate surface area is 120 Å². The molecule has 112 valence electrons. The lowest BCUT2D eigenvalue weighted by Gasteiger charge is -2.49. The second kappa shape index (κ2) is 5.43. The number of benzene rings is 1. The summed E-state index contributed by atoms with van der Waals surface area (Å²) < 4.78 is 19.5. The molecule has 1 aliphatic rings. The maximum atomic E-state index is 13.5. The van der Waals surface area contributed by atoms with Crippen LogP contribution in [0.1, 0.15) is 39.3 Å². The number of rotatable bonds is 3. The van der Waals surface area contributed by atoms with Gasteiger partial charge in [-0.05, 0) is 45.4 Å². The number of nitrogens with zero attached hydrogens (tertiary/aromatic N) is 1. The Hall–Kier alpha value is -0.970. The van der Waals surface area contributed by atoms with Gasteiger partial charge >= 0.3 is 0 Å². The molecule has 0 aromatic heterocycles. The van der Waals surface area contributed by atoms with Crippen LogP contribution in [0.2, 0.25) is 0 Å². The molecule has 2 N–H and O–H groups in total. The van der Waals surface area contributed by atoms with Crippen LogP contribution in [0, 0.1) is 5.82 Å². The summed E-state index contributed by atoms with van der Waals surface area (Å²) >= 11 is 0. The van der Waals surface area contributed by atoms with Crippen molar-refractivity contribution in [2.45, 2.75) is 44.9 Å². The lowest BCUT2D eigenvalue weighted by atomic mass is 9.95. The minimum atomic E-state index is -0.234. The second-order valence-corrected chi connectivity index (χ2v) is 6.83. The summed E-state index contributed by atoms with van der Waals surface area (Å²) in [4.78, 5) is 2.30. The van der Waals surface area contributed by atoms with Crippen LogP contribution < -0.4 is 5.73 Å². The van der Waals surface area contributed by atoms with E-state index < -0.39 is 0 Å². The van der Waals surface area contributed by atoms with Gasteiger partial charge in [0, 0.05) is 25.7 Å². The fourth-order valence-electron chi connectivity index (χ4n) is 3.28. The lowest BCUT2D eigenvalue weighted by molar-refractivity contribution is -0.187. The Morgan fingerprint density at radius 2 is 1.85 bits per heavy atom. The van der Waals surface area contributed by atoms with E-state index in [1.807, 2.05) is 6.07 Å². The van der Waals surface area contributed by atoms with Crippen molar-refractivity contribution in [1.29, 1.82) is 0 Å². The molecule has 1 fully saturated rings. The third-order valence-corrected chi connectivity index (χ3v) is 3.62. The molecule has 0 spiro atoms. The van der Waals surface area contributed by atoms with E-state index in [1.165, 1.54) is 6.07 Å². The average molecular weight is 280 g/mol. The molecule has 4 heteroatoms. The molecule has 1 atom stereocenters. The first-order valence-corrected chi connectivity index (χ1v) is 7.12. The predicted molar refractivity (Wildman–Crippen MR) is 79.0 cm³/mol. The normalized spacial score (nSPS) is 23.5. The summed E-state index contributed by atoms with van der Waals surface area (Å²) in [5, 5.41) is 0. The lowest BCUT2D eigenvalue weighted by Crippen LogP contribution is -2.58. The van der Waals surface area contributed by atoms with Crippen molar-refractivity contribution in [3.63, 3.8) is 0 Å². The van der Waals surface area contributed by atoms with Gasteiger partial charge in [0.1, 0.15) is 5.82 Å². The van der Waals surface area contributed by atoms with Gasteiger partial charge in [-0.1, -0.05) is 12.1 Å². The van der Waals surface area contributed by atoms with E-state index in [0.29, 0.717) is 6.54 Å². The Morgan fingerprint density at radius 3 is 2.35 bits per heavy atom. The summed E-state index contributed by atoms with van der Waals surface area (Å²) in [6.45, 7) is 10.4. The molecule has 0 radical (unpaired) electrons. The average Bonchev–Trinajstić information content (AvgIpc) is 2.25. The maximum Gasteiger partial charge on any atom is 0.123 e. The van der Waals surface area contributed by atoms with Crippen molar-refractivity contribution in [3.8, 4) is 0 Å². The van der Waals surface area contributed by atoms with Crippen LogP contribution in [-0.4, -0.2) is 35.7 Å². The van der Waals surface area contributed by atoms with Gasteiger partial charge in [0.15, 0.2) is 0 Å². The largest absolute Gasteiger partial charge is 0.367 e. The summed E-state index contributed by atoms with van der Waals surface area (Å²) in [5.41, 5.74) is 6.42. The van der Waals surface area contributed by atoms with Gasteiger partial charge in [-0.15, -0.1) is 0 Å². The molecular weight excluding hydrogens is 255 g/mol. The van der Waals surface area contributed by atoms with Crippen LogP contribution in [0.15, 0.2) is 24.3 Å². The predicted octanol–water partition coefficient (Wildman–Crippen LogP) is 2.71. The molecule has 0 aliphatic carbocycles. The van der Waals surface area contributed by atoms with Crippen molar-refractivity contribution in [2.75, 3.05) is 19.6 Å². The zero-order valence-electron chi connectivity index (χ0n) is 12.8. The molecule has 1 aromatic rings. The fourth-order valence-corrected chi connectivity index (χ4v) is 3.28. The monoisotopic (exact) mass is 280 g/mol. The first-order valence-electron chi connectivity index (χ1n) is 7.12. The maximum absolute atomic E-state index is 13.5. The zero-order chi connectivity index (χ0) is 15.0. The summed E-state index contributed by atoms with van der Waals surface area (Å²) in [5.74, 6) is -0.215. The Kier molecular flexibility index (Phi) is 4.19. The van der Waals surface area contributed by atoms with E-state index in [-0.39, 0.29) is 23.1 Å². The van der Waals surface area contributed by atoms with Crippen molar-refractivity contribution in [1.82, 2.24) is 4.90 Å². The minimum absolute atomic E-state index is 0.0214. The van der Waals surface area contributed by atoms with E-state index in [0.717, 1.165) is 18.7 Å². The SMILES string of the molecule is CC1(C)CN(C(CN)c2cccc(F)c2)CC(C)(C)O1. The Balaban J connectivity index is 2.27. The minimum Gasteiger partial charge on any atom is -0.367 e. The van der Waals surface area contributed by atoms with Crippen molar-refractivity contribution in [3.05, 3.63) is 35.6 Å². The van der Waals surface area contributed by atoms with Gasteiger partial charge in [-0.25, -0.2) is 4.39 Å². The quantitative estimate of drug-likeness (QED) is 0.925. The van der Waals surface area contributed by atoms with Gasteiger partial charge in [0.2, 0.25) is 0 Å². The smallest absolute Gasteiger partial charge is 0.123 e. The molecule has 0 amide bonds. The first-order chi connectivity index (χ1) is 9.22. The molecule has 20 heavy (non-hydrogen) atoms. The van der Waals surface area contributed by atoms with Crippen molar-refractivity contribution < 1.29 is 9.13 Å². The number of nitrogens with two attached hydrogens (primary N) is 1. The highest BCUT2D eigenvalue weighted by Crippen LogP contribution is 2.33. The summed E-state index contributed by atoms with van der Waals surface area (Å²) in [6.07, 6.45) is 0. The molecule has 1 aliphatic heterocycles. The summed E-state index contributed by atoms with van der Waals surface area (Å²) in [6, 6.07) is 6.74. The second-order valence-electron chi connectivity index (χ2n) is 6.83. The number of morpholine rings is 1. The number of hydrogen-bond acceptors (Lipinski definition) is 3.